The van der Waals surface area contributed by atoms with Crippen LogP contribution in [0.15, 0.2) is 53.2 Å². The van der Waals surface area contributed by atoms with Gasteiger partial charge < -0.3 is 15.2 Å². The van der Waals surface area contributed by atoms with Crippen molar-refractivity contribution >= 4 is 71.0 Å². The second-order valence-corrected chi connectivity index (χ2v) is 7.44. The Balaban J connectivity index is 0.00000300. The van der Waals surface area contributed by atoms with Crippen molar-refractivity contribution in [3.05, 3.63) is 80.0 Å². The van der Waals surface area contributed by atoms with Crippen LogP contribution in [0, 0.1) is 0 Å². The van der Waals surface area contributed by atoms with E-state index < -0.39 is 11.9 Å². The van der Waals surface area contributed by atoms with Crippen LogP contribution in [0.1, 0.15) is 26.3 Å². The summed E-state index contributed by atoms with van der Waals surface area (Å²) in [6, 6.07) is 10.9. The van der Waals surface area contributed by atoms with Gasteiger partial charge in [0.1, 0.15) is 5.75 Å². The summed E-state index contributed by atoms with van der Waals surface area (Å²) >= 11 is 13.5. The van der Waals surface area contributed by atoms with Crippen molar-refractivity contribution in [3.8, 4) is 5.75 Å². The van der Waals surface area contributed by atoms with Crippen LogP contribution in [0.4, 0.5) is 5.69 Å². The number of anilines is 1. The van der Waals surface area contributed by atoms with E-state index in [1.807, 2.05) is 16.8 Å². The van der Waals surface area contributed by atoms with E-state index in [1.165, 1.54) is 30.3 Å². The third-order valence-electron chi connectivity index (χ3n) is 3.88. The molecular weight excluding hydrogens is 428 g/mol. The Morgan fingerprint density at radius 2 is 1.86 bits per heavy atom. The van der Waals surface area contributed by atoms with E-state index in [2.05, 4.69) is 5.32 Å². The van der Waals surface area contributed by atoms with Gasteiger partial charge in [-0.1, -0.05) is 23.2 Å². The molecular formula is C20H16Cl2LiNO4S. The summed E-state index contributed by atoms with van der Waals surface area (Å²) in [5, 5.41) is 16.7. The van der Waals surface area contributed by atoms with Crippen LogP contribution in [0.25, 0.3) is 0 Å². The van der Waals surface area contributed by atoms with Crippen LogP contribution >= 0.6 is 34.5 Å². The van der Waals surface area contributed by atoms with E-state index in [0.29, 0.717) is 17.4 Å². The van der Waals surface area contributed by atoms with Gasteiger partial charge in [-0.05, 0) is 58.8 Å². The monoisotopic (exact) mass is 443 g/mol. The Bertz CT molecular complexity index is 1010. The SMILES string of the molecule is O=C(Nc1ccc(OCCc2ccsc2)cc1C(=O)O)c1ccc(Cl)cc1Cl.[LiH]. The average Bonchev–Trinajstić information content (AvgIpc) is 3.16. The Morgan fingerprint density at radius 1 is 1.07 bits per heavy atom. The number of hydrogen-bond donors (Lipinski definition) is 2. The number of nitrogens with one attached hydrogen (secondary N) is 1. The molecule has 1 aromatic heterocycles. The molecule has 3 rings (SSSR count). The van der Waals surface area contributed by atoms with Gasteiger partial charge in [-0.3, -0.25) is 4.79 Å². The summed E-state index contributed by atoms with van der Waals surface area (Å²) in [5.41, 5.74) is 1.42. The Hall–Kier alpha value is -1.94. The van der Waals surface area contributed by atoms with Gasteiger partial charge in [-0.25, -0.2) is 4.79 Å². The van der Waals surface area contributed by atoms with Gasteiger partial charge in [0.15, 0.2) is 0 Å². The number of benzene rings is 2. The molecule has 0 bridgehead atoms. The molecule has 0 saturated carbocycles. The third-order valence-corrected chi connectivity index (χ3v) is 5.16. The molecule has 3 aromatic rings. The molecule has 0 spiro atoms. The number of ether oxygens (including phenoxy) is 1. The summed E-state index contributed by atoms with van der Waals surface area (Å²) in [4.78, 5) is 24.1. The maximum absolute atomic E-state index is 12.4. The van der Waals surface area contributed by atoms with E-state index in [0.717, 1.165) is 12.0 Å². The summed E-state index contributed by atoms with van der Waals surface area (Å²) in [7, 11) is 0. The molecule has 0 aliphatic rings. The number of carboxylic acid groups (broad SMARTS) is 1. The zero-order chi connectivity index (χ0) is 20.1. The van der Waals surface area contributed by atoms with Crippen LogP contribution in [-0.4, -0.2) is 42.5 Å². The van der Waals surface area contributed by atoms with Crippen LogP contribution < -0.4 is 10.1 Å². The molecule has 0 saturated heterocycles. The van der Waals surface area contributed by atoms with Crippen molar-refractivity contribution in [1.29, 1.82) is 0 Å². The van der Waals surface area contributed by atoms with E-state index in [1.54, 1.807) is 17.4 Å². The van der Waals surface area contributed by atoms with Crippen molar-refractivity contribution in [2.24, 2.45) is 0 Å². The second kappa shape index (κ2) is 10.7. The van der Waals surface area contributed by atoms with Gasteiger partial charge in [0.2, 0.25) is 0 Å². The number of carbonyl (C=O) groups excluding carboxylic acids is 1. The fourth-order valence-corrected chi connectivity index (χ4v) is 3.68. The molecule has 2 aromatic carbocycles. The quantitative estimate of drug-likeness (QED) is 0.505. The van der Waals surface area contributed by atoms with Gasteiger partial charge in [-0.2, -0.15) is 11.3 Å². The molecule has 5 nitrogen and oxygen atoms in total. The summed E-state index contributed by atoms with van der Waals surface area (Å²) in [5.74, 6) is -1.30. The average molecular weight is 444 g/mol. The molecule has 1 amide bonds. The summed E-state index contributed by atoms with van der Waals surface area (Å²) in [6.45, 7) is 0.419. The van der Waals surface area contributed by atoms with Crippen LogP contribution in [0.2, 0.25) is 10.0 Å². The van der Waals surface area contributed by atoms with Crippen molar-refractivity contribution in [2.45, 2.75) is 6.42 Å². The topological polar surface area (TPSA) is 75.6 Å². The molecule has 2 N–H and O–H groups in total. The number of aromatic carboxylic acids is 1. The van der Waals surface area contributed by atoms with E-state index in [-0.39, 0.29) is 40.7 Å². The zero-order valence-corrected chi connectivity index (χ0v) is 16.8. The van der Waals surface area contributed by atoms with Gasteiger partial charge in [0.25, 0.3) is 5.91 Å². The predicted octanol–water partition coefficient (Wildman–Crippen LogP) is 4.98. The van der Waals surface area contributed by atoms with Gasteiger partial charge in [-0.15, -0.1) is 0 Å². The fourth-order valence-electron chi connectivity index (χ4n) is 2.48. The van der Waals surface area contributed by atoms with Gasteiger partial charge >= 0.3 is 24.8 Å². The van der Waals surface area contributed by atoms with Crippen molar-refractivity contribution in [2.75, 3.05) is 11.9 Å². The Kier molecular flexibility index (Phi) is 8.63. The summed E-state index contributed by atoms with van der Waals surface area (Å²) < 4.78 is 5.64. The molecule has 0 fully saturated rings. The van der Waals surface area contributed by atoms with Crippen molar-refractivity contribution < 1.29 is 19.4 Å². The predicted molar refractivity (Wildman–Crippen MR) is 118 cm³/mol. The fraction of sp³-hybridized carbons (Fsp3) is 0.100. The summed E-state index contributed by atoms with van der Waals surface area (Å²) in [6.07, 6.45) is 0.722. The molecule has 1 heterocycles. The molecule has 0 aliphatic carbocycles. The standard InChI is InChI=1S/C20H15Cl2NO4S.Li.H/c21-13-1-3-15(17(22)9-13)19(24)23-18-4-2-14(10-16(18)20(25)26)27-7-5-12-6-8-28-11-12;;/h1-4,6,8-11H,5,7H2,(H,23,24)(H,25,26);;. The number of carboxylic acids is 1. The first-order valence-electron chi connectivity index (χ1n) is 8.21. The number of amides is 1. The number of hydrogen-bond acceptors (Lipinski definition) is 4. The first kappa shape index (κ1) is 23.3. The van der Waals surface area contributed by atoms with Gasteiger partial charge in [0.05, 0.1) is 28.4 Å². The molecule has 0 atom stereocenters. The third kappa shape index (κ3) is 6.27. The number of thiophene rings is 1. The van der Waals surface area contributed by atoms with Crippen molar-refractivity contribution in [1.82, 2.24) is 0 Å². The molecule has 0 aliphatic heterocycles. The van der Waals surface area contributed by atoms with Gasteiger partial charge in [0, 0.05) is 11.4 Å². The Morgan fingerprint density at radius 3 is 2.52 bits per heavy atom. The van der Waals surface area contributed by atoms with E-state index in [4.69, 9.17) is 27.9 Å². The van der Waals surface area contributed by atoms with Crippen LogP contribution in [0.5, 0.6) is 5.75 Å². The number of rotatable bonds is 7. The first-order chi connectivity index (χ1) is 13.4. The number of carbonyl (C=O) groups is 2. The van der Waals surface area contributed by atoms with E-state index in [9.17, 15) is 14.7 Å². The first-order valence-corrected chi connectivity index (χ1v) is 9.91. The molecule has 9 heteroatoms. The number of halogens is 2. The van der Waals surface area contributed by atoms with Crippen LogP contribution in [-0.2, 0) is 6.42 Å². The molecule has 0 radical (unpaired) electrons. The minimum atomic E-state index is -1.18. The van der Waals surface area contributed by atoms with E-state index >= 15 is 0 Å². The van der Waals surface area contributed by atoms with Crippen molar-refractivity contribution in [3.63, 3.8) is 0 Å². The molecule has 0 unspecified atom stereocenters. The minimum absolute atomic E-state index is 0. The zero-order valence-electron chi connectivity index (χ0n) is 14.4. The second-order valence-electron chi connectivity index (χ2n) is 5.82. The molecule has 146 valence electrons. The Labute approximate surface area is 193 Å². The molecule has 29 heavy (non-hydrogen) atoms. The normalized spacial score (nSPS) is 10.1. The van der Waals surface area contributed by atoms with Crippen LogP contribution in [0.3, 0.4) is 0 Å². The maximum atomic E-state index is 12.4.